The van der Waals surface area contributed by atoms with E-state index >= 15 is 0 Å². The number of halogens is 1. The van der Waals surface area contributed by atoms with Crippen molar-refractivity contribution in [2.75, 3.05) is 13.2 Å². The number of rotatable bonds is 6. The molecule has 2 aromatic rings. The number of furan rings is 1. The third kappa shape index (κ3) is 3.88. The molecule has 0 radical (unpaired) electrons. The molecule has 0 aliphatic heterocycles. The second-order valence-electron chi connectivity index (χ2n) is 6.48. The molecule has 1 aromatic heterocycles. The average Bonchev–Trinajstić information content (AvgIpc) is 2.88. The summed E-state index contributed by atoms with van der Waals surface area (Å²) in [6.07, 6.45) is 2.66. The van der Waals surface area contributed by atoms with E-state index in [2.05, 4.69) is 4.72 Å². The summed E-state index contributed by atoms with van der Waals surface area (Å²) in [5, 5.41) is 0.567. The molecule has 0 unspecified atom stereocenters. The standard InChI is InChI=1S/C17H22N2O5S.ClH/c1-3-23-16(20)15-11(2)13-9-12(5-6-14(13)24-15)25(21,22)19-10-17(18)7-4-8-17;/h5-6,9,19H,3-4,7-8,10,18H2,1-2H3;1H. The van der Waals surface area contributed by atoms with Crippen molar-refractivity contribution in [1.29, 1.82) is 0 Å². The fraction of sp³-hybridized carbons (Fsp3) is 0.471. The fourth-order valence-corrected chi connectivity index (χ4v) is 4.05. The molecule has 1 heterocycles. The van der Waals surface area contributed by atoms with Crippen molar-refractivity contribution in [3.8, 4) is 0 Å². The van der Waals surface area contributed by atoms with Crippen LogP contribution >= 0.6 is 12.4 Å². The zero-order valence-electron chi connectivity index (χ0n) is 14.7. The van der Waals surface area contributed by atoms with Gasteiger partial charge in [-0.15, -0.1) is 12.4 Å². The Balaban J connectivity index is 0.00000243. The molecule has 9 heteroatoms. The lowest BCUT2D eigenvalue weighted by atomic mass is 9.78. The van der Waals surface area contributed by atoms with Crippen LogP contribution in [0.1, 0.15) is 42.3 Å². The summed E-state index contributed by atoms with van der Waals surface area (Å²) in [7, 11) is -3.69. The van der Waals surface area contributed by atoms with Crippen molar-refractivity contribution in [2.45, 2.75) is 43.5 Å². The predicted octanol–water partition coefficient (Wildman–Crippen LogP) is 2.50. The molecule has 1 fully saturated rings. The number of carbonyl (C=O) groups is 1. The molecule has 0 amide bonds. The third-order valence-corrected chi connectivity index (χ3v) is 6.04. The summed E-state index contributed by atoms with van der Waals surface area (Å²) < 4.78 is 38.1. The van der Waals surface area contributed by atoms with E-state index < -0.39 is 21.5 Å². The van der Waals surface area contributed by atoms with Crippen LogP contribution in [0.2, 0.25) is 0 Å². The van der Waals surface area contributed by atoms with Crippen LogP contribution in [0.15, 0.2) is 27.5 Å². The van der Waals surface area contributed by atoms with Crippen molar-refractivity contribution < 1.29 is 22.4 Å². The number of esters is 1. The lowest BCUT2D eigenvalue weighted by Gasteiger charge is -2.37. The van der Waals surface area contributed by atoms with E-state index in [1.165, 1.54) is 12.1 Å². The molecule has 0 spiro atoms. The SMILES string of the molecule is CCOC(=O)c1oc2ccc(S(=O)(=O)NCC3(N)CCC3)cc2c1C.Cl. The largest absolute Gasteiger partial charge is 0.460 e. The van der Waals surface area contributed by atoms with Crippen LogP contribution in [0.4, 0.5) is 0 Å². The Labute approximate surface area is 158 Å². The Morgan fingerprint density at radius 2 is 2.08 bits per heavy atom. The molecular weight excluding hydrogens is 380 g/mol. The van der Waals surface area contributed by atoms with Crippen LogP contribution in [0.3, 0.4) is 0 Å². The first-order valence-corrected chi connectivity index (χ1v) is 9.73. The van der Waals surface area contributed by atoms with Gasteiger partial charge in [-0.25, -0.2) is 17.9 Å². The second kappa shape index (κ2) is 7.56. The van der Waals surface area contributed by atoms with Gasteiger partial charge in [0.05, 0.1) is 11.5 Å². The molecule has 144 valence electrons. The summed E-state index contributed by atoms with van der Waals surface area (Å²) in [6.45, 7) is 3.86. The summed E-state index contributed by atoms with van der Waals surface area (Å²) in [4.78, 5) is 12.0. The van der Waals surface area contributed by atoms with Gasteiger partial charge >= 0.3 is 5.97 Å². The number of ether oxygens (including phenoxy) is 1. The lowest BCUT2D eigenvalue weighted by Crippen LogP contribution is -2.54. The van der Waals surface area contributed by atoms with E-state index in [1.807, 2.05) is 0 Å². The van der Waals surface area contributed by atoms with Crippen LogP contribution in [0, 0.1) is 6.92 Å². The first-order valence-electron chi connectivity index (χ1n) is 8.24. The first kappa shape index (κ1) is 20.7. The Bertz CT molecular complexity index is 919. The first-order chi connectivity index (χ1) is 11.8. The zero-order valence-corrected chi connectivity index (χ0v) is 16.3. The van der Waals surface area contributed by atoms with E-state index in [4.69, 9.17) is 14.9 Å². The smallest absolute Gasteiger partial charge is 0.374 e. The Hall–Kier alpha value is -1.61. The third-order valence-electron chi connectivity index (χ3n) is 4.64. The highest BCUT2D eigenvalue weighted by molar-refractivity contribution is 7.89. The molecular formula is C17H23ClN2O5S. The maximum absolute atomic E-state index is 12.5. The van der Waals surface area contributed by atoms with E-state index in [0.717, 1.165) is 19.3 Å². The molecule has 1 aliphatic carbocycles. The molecule has 1 saturated carbocycles. The highest BCUT2D eigenvalue weighted by Crippen LogP contribution is 2.30. The molecule has 1 aromatic carbocycles. The van der Waals surface area contributed by atoms with Gasteiger partial charge in [-0.3, -0.25) is 0 Å². The van der Waals surface area contributed by atoms with Crippen molar-refractivity contribution in [2.24, 2.45) is 5.73 Å². The number of fused-ring (bicyclic) bond motifs is 1. The number of nitrogens with two attached hydrogens (primary N) is 1. The summed E-state index contributed by atoms with van der Waals surface area (Å²) in [5.41, 5.74) is 6.62. The van der Waals surface area contributed by atoms with Crippen molar-refractivity contribution >= 4 is 39.4 Å². The van der Waals surface area contributed by atoms with Gasteiger partial charge in [0, 0.05) is 23.0 Å². The van der Waals surface area contributed by atoms with E-state index in [9.17, 15) is 13.2 Å². The Morgan fingerprint density at radius 3 is 2.65 bits per heavy atom. The van der Waals surface area contributed by atoms with Gasteiger partial charge in [-0.2, -0.15) is 0 Å². The zero-order chi connectivity index (χ0) is 18.2. The second-order valence-corrected chi connectivity index (χ2v) is 8.24. The van der Waals surface area contributed by atoms with Crippen LogP contribution in [-0.4, -0.2) is 33.1 Å². The van der Waals surface area contributed by atoms with Crippen LogP contribution in [0.5, 0.6) is 0 Å². The minimum atomic E-state index is -3.69. The molecule has 3 N–H and O–H groups in total. The Kier molecular flexibility index (Phi) is 6.02. The number of nitrogens with one attached hydrogen (secondary N) is 1. The molecule has 7 nitrogen and oxygen atoms in total. The van der Waals surface area contributed by atoms with Gasteiger partial charge in [0.1, 0.15) is 5.58 Å². The molecule has 1 aliphatic rings. The summed E-state index contributed by atoms with van der Waals surface area (Å²) in [6, 6.07) is 4.50. The maximum atomic E-state index is 12.5. The minimum absolute atomic E-state index is 0. The van der Waals surface area contributed by atoms with Gasteiger partial charge in [-0.05, 0) is 51.3 Å². The molecule has 0 atom stereocenters. The fourth-order valence-electron chi connectivity index (χ4n) is 2.89. The van der Waals surface area contributed by atoms with Gasteiger partial charge in [-0.1, -0.05) is 0 Å². The number of hydrogen-bond acceptors (Lipinski definition) is 6. The van der Waals surface area contributed by atoms with Crippen molar-refractivity contribution in [3.05, 3.63) is 29.5 Å². The number of carbonyl (C=O) groups excluding carboxylic acids is 1. The van der Waals surface area contributed by atoms with E-state index in [0.29, 0.717) is 16.5 Å². The van der Waals surface area contributed by atoms with Gasteiger partial charge in [0.2, 0.25) is 15.8 Å². The summed E-state index contributed by atoms with van der Waals surface area (Å²) in [5.74, 6) is -0.469. The Morgan fingerprint density at radius 1 is 1.38 bits per heavy atom. The van der Waals surface area contributed by atoms with E-state index in [1.54, 1.807) is 19.9 Å². The normalized spacial score (nSPS) is 16.0. The van der Waals surface area contributed by atoms with Crippen molar-refractivity contribution in [1.82, 2.24) is 4.72 Å². The molecule has 26 heavy (non-hydrogen) atoms. The van der Waals surface area contributed by atoms with Crippen LogP contribution in [0.25, 0.3) is 11.0 Å². The average molecular weight is 403 g/mol. The molecule has 0 bridgehead atoms. The highest BCUT2D eigenvalue weighted by Gasteiger charge is 2.33. The van der Waals surface area contributed by atoms with Crippen LogP contribution < -0.4 is 10.5 Å². The van der Waals surface area contributed by atoms with Gasteiger partial charge in [0.25, 0.3) is 0 Å². The highest BCUT2D eigenvalue weighted by atomic mass is 35.5. The summed E-state index contributed by atoms with van der Waals surface area (Å²) >= 11 is 0. The molecule has 0 saturated heterocycles. The lowest BCUT2D eigenvalue weighted by molar-refractivity contribution is 0.0491. The number of sulfonamides is 1. The topological polar surface area (TPSA) is 112 Å². The number of hydrogen-bond donors (Lipinski definition) is 2. The number of aryl methyl sites for hydroxylation is 1. The molecule has 3 rings (SSSR count). The van der Waals surface area contributed by atoms with E-state index in [-0.39, 0.29) is 36.2 Å². The quantitative estimate of drug-likeness (QED) is 0.718. The monoisotopic (exact) mass is 402 g/mol. The van der Waals surface area contributed by atoms with Gasteiger partial charge < -0.3 is 14.9 Å². The van der Waals surface area contributed by atoms with Crippen molar-refractivity contribution in [3.63, 3.8) is 0 Å². The minimum Gasteiger partial charge on any atom is -0.460 e. The van der Waals surface area contributed by atoms with Crippen LogP contribution in [-0.2, 0) is 14.8 Å². The predicted molar refractivity (Wildman–Crippen MR) is 100 cm³/mol. The van der Waals surface area contributed by atoms with Gasteiger partial charge in [0.15, 0.2) is 0 Å². The number of benzene rings is 1. The maximum Gasteiger partial charge on any atom is 0.374 e.